The van der Waals surface area contributed by atoms with E-state index in [0.717, 1.165) is 38.7 Å². The number of anilines is 1. The topological polar surface area (TPSA) is 35.8 Å². The van der Waals surface area contributed by atoms with Crippen LogP contribution in [-0.2, 0) is 13.6 Å². The first-order chi connectivity index (χ1) is 10.8. The van der Waals surface area contributed by atoms with Crippen molar-refractivity contribution in [3.63, 3.8) is 0 Å². The van der Waals surface area contributed by atoms with Gasteiger partial charge in [-0.1, -0.05) is 0 Å². The van der Waals surface area contributed by atoms with E-state index in [1.165, 1.54) is 10.7 Å². The number of thiophene rings is 1. The van der Waals surface area contributed by atoms with Gasteiger partial charge in [0.1, 0.15) is 0 Å². The maximum absolute atomic E-state index is 4.43. The molecular formula is C16H23N5S. The minimum absolute atomic E-state index is 0.807. The number of guanidine groups is 1. The van der Waals surface area contributed by atoms with Gasteiger partial charge in [-0.2, -0.15) is 0 Å². The highest BCUT2D eigenvalue weighted by Crippen LogP contribution is 2.22. The van der Waals surface area contributed by atoms with Crippen molar-refractivity contribution in [2.45, 2.75) is 6.54 Å². The lowest BCUT2D eigenvalue weighted by Gasteiger charge is -2.37. The van der Waals surface area contributed by atoms with Crippen LogP contribution in [0.15, 0.2) is 40.8 Å². The van der Waals surface area contributed by atoms with E-state index in [2.05, 4.69) is 67.6 Å². The normalized spacial score (nSPS) is 16.2. The highest BCUT2D eigenvalue weighted by molar-refractivity contribution is 7.14. The molecule has 6 heteroatoms. The van der Waals surface area contributed by atoms with Crippen molar-refractivity contribution in [2.24, 2.45) is 12.0 Å². The fourth-order valence-corrected chi connectivity index (χ4v) is 3.56. The fraction of sp³-hybridized carbons (Fsp3) is 0.438. The Morgan fingerprint density at radius 1 is 1.23 bits per heavy atom. The van der Waals surface area contributed by atoms with Gasteiger partial charge in [0.2, 0.25) is 0 Å². The lowest BCUT2D eigenvalue weighted by atomic mass is 10.3. The second-order valence-corrected chi connectivity index (χ2v) is 6.36. The van der Waals surface area contributed by atoms with Gasteiger partial charge in [-0.25, -0.2) is 0 Å². The van der Waals surface area contributed by atoms with E-state index in [1.54, 1.807) is 0 Å². The lowest BCUT2D eigenvalue weighted by molar-refractivity contribution is 0.373. The van der Waals surface area contributed by atoms with Crippen molar-refractivity contribution in [1.82, 2.24) is 14.8 Å². The summed E-state index contributed by atoms with van der Waals surface area (Å²) in [4.78, 5) is 9.23. The Balaban J connectivity index is 1.53. The summed E-state index contributed by atoms with van der Waals surface area (Å²) >= 11 is 1.81. The van der Waals surface area contributed by atoms with Crippen molar-refractivity contribution in [3.8, 4) is 0 Å². The van der Waals surface area contributed by atoms with Gasteiger partial charge in [0.15, 0.2) is 5.96 Å². The molecule has 118 valence electrons. The number of nitrogens with one attached hydrogen (secondary N) is 1. The zero-order valence-electron chi connectivity index (χ0n) is 13.2. The van der Waals surface area contributed by atoms with Gasteiger partial charge in [-0.3, -0.25) is 4.99 Å². The van der Waals surface area contributed by atoms with Crippen LogP contribution in [0.25, 0.3) is 0 Å². The molecule has 0 aliphatic carbocycles. The van der Waals surface area contributed by atoms with Gasteiger partial charge in [0, 0.05) is 52.2 Å². The summed E-state index contributed by atoms with van der Waals surface area (Å²) < 4.78 is 2.13. The molecule has 0 unspecified atom stereocenters. The van der Waals surface area contributed by atoms with Crippen LogP contribution in [0.2, 0.25) is 0 Å². The van der Waals surface area contributed by atoms with Crippen LogP contribution in [0.4, 0.5) is 5.00 Å². The third kappa shape index (κ3) is 3.27. The minimum Gasteiger partial charge on any atom is -0.360 e. The van der Waals surface area contributed by atoms with Gasteiger partial charge in [-0.05, 0) is 29.6 Å². The standard InChI is InChI=1S/C16H23N5S/c1-17-16(18-13-14-5-3-7-19(14)2)21-10-8-20(9-11-21)15-6-4-12-22-15/h3-7,12H,8-11,13H2,1-2H3,(H,17,18). The zero-order chi connectivity index (χ0) is 15.4. The third-order valence-electron chi connectivity index (χ3n) is 4.09. The first kappa shape index (κ1) is 15.0. The van der Waals surface area contributed by atoms with Crippen LogP contribution in [0.5, 0.6) is 0 Å². The molecule has 0 saturated carbocycles. The number of nitrogens with zero attached hydrogens (tertiary/aromatic N) is 4. The Morgan fingerprint density at radius 3 is 2.64 bits per heavy atom. The van der Waals surface area contributed by atoms with Gasteiger partial charge in [0.05, 0.1) is 11.5 Å². The molecule has 3 rings (SSSR count). The smallest absolute Gasteiger partial charge is 0.194 e. The molecule has 0 aromatic carbocycles. The first-order valence-corrected chi connectivity index (χ1v) is 8.50. The summed E-state index contributed by atoms with van der Waals surface area (Å²) in [5.74, 6) is 0.993. The molecule has 0 amide bonds. The highest BCUT2D eigenvalue weighted by Gasteiger charge is 2.20. The average molecular weight is 317 g/mol. The van der Waals surface area contributed by atoms with Crippen molar-refractivity contribution in [3.05, 3.63) is 41.5 Å². The van der Waals surface area contributed by atoms with Crippen LogP contribution in [0.1, 0.15) is 5.69 Å². The van der Waals surface area contributed by atoms with E-state index in [9.17, 15) is 0 Å². The van der Waals surface area contributed by atoms with Crippen molar-refractivity contribution in [1.29, 1.82) is 0 Å². The number of aryl methyl sites for hydroxylation is 1. The van der Waals surface area contributed by atoms with Crippen molar-refractivity contribution < 1.29 is 0 Å². The summed E-state index contributed by atoms with van der Waals surface area (Å²) in [6.07, 6.45) is 2.07. The molecule has 1 aliphatic rings. The summed E-state index contributed by atoms with van der Waals surface area (Å²) in [7, 11) is 3.93. The molecule has 3 heterocycles. The van der Waals surface area contributed by atoms with Crippen LogP contribution in [0, 0.1) is 0 Å². The predicted octanol–water partition coefficient (Wildman–Crippen LogP) is 1.98. The van der Waals surface area contributed by atoms with Gasteiger partial charge >= 0.3 is 0 Å². The molecule has 0 bridgehead atoms. The maximum Gasteiger partial charge on any atom is 0.194 e. The van der Waals surface area contributed by atoms with Gasteiger partial charge in [-0.15, -0.1) is 11.3 Å². The second-order valence-electron chi connectivity index (χ2n) is 5.44. The number of piperazine rings is 1. The fourth-order valence-electron chi connectivity index (χ4n) is 2.77. The van der Waals surface area contributed by atoms with E-state index in [0.29, 0.717) is 0 Å². The third-order valence-corrected chi connectivity index (χ3v) is 5.02. The molecule has 2 aromatic heterocycles. The zero-order valence-corrected chi connectivity index (χ0v) is 14.0. The molecule has 1 aliphatic heterocycles. The first-order valence-electron chi connectivity index (χ1n) is 7.62. The summed E-state index contributed by atoms with van der Waals surface area (Å²) in [6.45, 7) is 4.91. The number of rotatable bonds is 3. The molecule has 0 atom stereocenters. The van der Waals surface area contributed by atoms with E-state index in [-0.39, 0.29) is 0 Å². The molecule has 0 spiro atoms. The van der Waals surface area contributed by atoms with Crippen LogP contribution in [0.3, 0.4) is 0 Å². The van der Waals surface area contributed by atoms with E-state index < -0.39 is 0 Å². The summed E-state index contributed by atoms with van der Waals surface area (Å²) in [5, 5.41) is 6.98. The molecule has 1 N–H and O–H groups in total. The van der Waals surface area contributed by atoms with E-state index in [4.69, 9.17) is 0 Å². The predicted molar refractivity (Wildman–Crippen MR) is 93.7 cm³/mol. The Bertz CT molecular complexity index is 608. The van der Waals surface area contributed by atoms with E-state index in [1.807, 2.05) is 18.4 Å². The Hall–Kier alpha value is -1.95. The largest absolute Gasteiger partial charge is 0.360 e. The van der Waals surface area contributed by atoms with Crippen LogP contribution in [-0.4, -0.2) is 48.7 Å². The molecule has 1 saturated heterocycles. The van der Waals surface area contributed by atoms with E-state index >= 15 is 0 Å². The lowest BCUT2D eigenvalue weighted by Crippen LogP contribution is -2.52. The SMILES string of the molecule is CN=C(NCc1cccn1C)N1CCN(c2cccs2)CC1. The Labute approximate surface area is 135 Å². The molecular weight excluding hydrogens is 294 g/mol. The Morgan fingerprint density at radius 2 is 2.05 bits per heavy atom. The van der Waals surface area contributed by atoms with Gasteiger partial charge < -0.3 is 19.7 Å². The quantitative estimate of drug-likeness (QED) is 0.695. The van der Waals surface area contributed by atoms with Crippen LogP contribution < -0.4 is 10.2 Å². The minimum atomic E-state index is 0.807. The van der Waals surface area contributed by atoms with Crippen molar-refractivity contribution >= 4 is 22.3 Å². The highest BCUT2D eigenvalue weighted by atomic mass is 32.1. The monoisotopic (exact) mass is 317 g/mol. The molecule has 2 aromatic rings. The maximum atomic E-state index is 4.43. The van der Waals surface area contributed by atoms with Gasteiger partial charge in [0.25, 0.3) is 0 Å². The second kappa shape index (κ2) is 6.87. The molecule has 1 fully saturated rings. The number of hydrogen-bond donors (Lipinski definition) is 1. The average Bonchev–Trinajstić information content (AvgIpc) is 3.21. The number of hydrogen-bond acceptors (Lipinski definition) is 3. The number of aliphatic imine (C=N–C) groups is 1. The molecule has 22 heavy (non-hydrogen) atoms. The molecule has 0 radical (unpaired) electrons. The Kier molecular flexibility index (Phi) is 4.68. The van der Waals surface area contributed by atoms with Crippen molar-refractivity contribution in [2.75, 3.05) is 38.1 Å². The number of aromatic nitrogens is 1. The molecule has 5 nitrogen and oxygen atoms in total. The summed E-state index contributed by atoms with van der Waals surface area (Å²) in [5.41, 5.74) is 1.26. The van der Waals surface area contributed by atoms with Crippen LogP contribution >= 0.6 is 11.3 Å². The summed E-state index contributed by atoms with van der Waals surface area (Å²) in [6, 6.07) is 8.52.